The summed E-state index contributed by atoms with van der Waals surface area (Å²) in [5.41, 5.74) is 0. The Morgan fingerprint density at radius 2 is 1.15 bits per heavy atom. The third-order valence-electron chi connectivity index (χ3n) is 6.86. The van der Waals surface area contributed by atoms with Crippen LogP contribution in [0.15, 0.2) is 186 Å². The lowest BCUT2D eigenvalue weighted by molar-refractivity contribution is 0.999. The van der Waals surface area contributed by atoms with Gasteiger partial charge < -0.3 is 0 Å². The Balaban J connectivity index is 1.21. The number of benzene rings is 4. The van der Waals surface area contributed by atoms with Crippen LogP contribution in [0.2, 0.25) is 0 Å². The van der Waals surface area contributed by atoms with Crippen molar-refractivity contribution in [3.8, 4) is 0 Å². The van der Waals surface area contributed by atoms with Crippen LogP contribution in [0.4, 0.5) is 0 Å². The monoisotopic (exact) mass is 560 g/mol. The minimum atomic E-state index is -0.0306. The topological polar surface area (TPSA) is 0 Å². The van der Waals surface area contributed by atoms with Crippen molar-refractivity contribution >= 4 is 33.6 Å². The Morgan fingerprint density at radius 1 is 0.564 bits per heavy atom. The maximum absolute atomic E-state index is 2.39. The van der Waals surface area contributed by atoms with Gasteiger partial charge >= 0.3 is 0 Å². The van der Waals surface area contributed by atoms with Crippen LogP contribution in [0.3, 0.4) is 0 Å². The van der Waals surface area contributed by atoms with Gasteiger partial charge in [0.2, 0.25) is 0 Å². The second-order valence-electron chi connectivity index (χ2n) is 9.51. The van der Waals surface area contributed by atoms with E-state index in [1.807, 2.05) is 11.8 Å². The highest BCUT2D eigenvalue weighted by Gasteiger charge is 2.34. The van der Waals surface area contributed by atoms with Crippen molar-refractivity contribution in [3.05, 3.63) is 162 Å². The highest BCUT2D eigenvalue weighted by Crippen LogP contribution is 2.40. The molecule has 0 saturated carbocycles. The van der Waals surface area contributed by atoms with Crippen molar-refractivity contribution in [2.75, 3.05) is 0 Å². The van der Waals surface area contributed by atoms with Gasteiger partial charge in [-0.25, -0.2) is 0 Å². The molecule has 2 aliphatic rings. The lowest BCUT2D eigenvalue weighted by Gasteiger charge is -2.17. The van der Waals surface area contributed by atoms with Gasteiger partial charge in [0, 0.05) is 17.7 Å². The second-order valence-corrected chi connectivity index (χ2v) is 15.0. The highest BCUT2D eigenvalue weighted by atomic mass is 32.2. The molecular formula is C36H32S3+2. The van der Waals surface area contributed by atoms with E-state index in [0.717, 1.165) is 19.3 Å². The van der Waals surface area contributed by atoms with Crippen LogP contribution >= 0.6 is 11.8 Å². The summed E-state index contributed by atoms with van der Waals surface area (Å²) in [6, 6.07) is 42.3. The normalized spacial score (nSPS) is 17.5. The van der Waals surface area contributed by atoms with Gasteiger partial charge in [-0.3, -0.25) is 0 Å². The number of hydrogen-bond acceptors (Lipinski definition) is 1. The fourth-order valence-corrected chi connectivity index (χ4v) is 10.6. The lowest BCUT2D eigenvalue weighted by Crippen LogP contribution is -2.20. The van der Waals surface area contributed by atoms with Crippen molar-refractivity contribution in [2.45, 2.75) is 49.0 Å². The van der Waals surface area contributed by atoms with Crippen molar-refractivity contribution in [1.82, 2.24) is 0 Å². The Hall–Kier alpha value is -3.11. The molecule has 0 bridgehead atoms. The van der Waals surface area contributed by atoms with Crippen LogP contribution in [-0.4, -0.2) is 5.25 Å². The average molecular weight is 561 g/mol. The van der Waals surface area contributed by atoms with Crippen LogP contribution in [-0.2, 0) is 21.8 Å². The van der Waals surface area contributed by atoms with Gasteiger partial charge in [-0.2, -0.15) is 0 Å². The highest BCUT2D eigenvalue weighted by molar-refractivity contribution is 8.03. The molecule has 0 saturated heterocycles. The number of hydrogen-bond donors (Lipinski definition) is 0. The van der Waals surface area contributed by atoms with Crippen molar-refractivity contribution < 1.29 is 0 Å². The number of rotatable bonds is 8. The van der Waals surface area contributed by atoms with E-state index in [4.69, 9.17) is 0 Å². The van der Waals surface area contributed by atoms with Gasteiger partial charge in [0.25, 0.3) is 0 Å². The Morgan fingerprint density at radius 3 is 1.69 bits per heavy atom. The molecule has 0 aliphatic heterocycles. The van der Waals surface area contributed by atoms with Crippen molar-refractivity contribution in [2.24, 2.45) is 0 Å². The smallest absolute Gasteiger partial charge is 0.0945 e. The minimum Gasteiger partial charge on any atom is -0.0945 e. The number of thioether (sulfide) groups is 1. The molecule has 192 valence electrons. The van der Waals surface area contributed by atoms with Crippen molar-refractivity contribution in [1.29, 1.82) is 0 Å². The van der Waals surface area contributed by atoms with Crippen LogP contribution in [0.1, 0.15) is 19.3 Å². The van der Waals surface area contributed by atoms with Gasteiger partial charge in [-0.05, 0) is 90.2 Å². The summed E-state index contributed by atoms with van der Waals surface area (Å²) in [6.45, 7) is 0. The van der Waals surface area contributed by atoms with Crippen LogP contribution in [0.25, 0.3) is 0 Å². The Kier molecular flexibility index (Phi) is 8.60. The molecule has 2 aliphatic carbocycles. The molecule has 0 radical (unpaired) electrons. The molecule has 39 heavy (non-hydrogen) atoms. The second kappa shape index (κ2) is 12.8. The molecule has 0 N–H and O–H groups in total. The molecule has 2 atom stereocenters. The molecule has 0 spiro atoms. The maximum atomic E-state index is 2.39. The first-order valence-corrected chi connectivity index (χ1v) is 16.8. The lowest BCUT2D eigenvalue weighted by atomic mass is 10.2. The average Bonchev–Trinajstić information content (AvgIpc) is 3.01. The fourth-order valence-electron chi connectivity index (χ4n) is 5.00. The van der Waals surface area contributed by atoms with Gasteiger partial charge in [-0.1, -0.05) is 84.6 Å². The SMILES string of the molecule is C1=CCC([S+](c2ccccc2)c2ccc(SC3=CC=C([S+](c4ccccc4)c4ccccc4)CC3)cc2)C=C1. The molecule has 0 nitrogen and oxygen atoms in total. The molecule has 0 amide bonds. The van der Waals surface area contributed by atoms with Crippen molar-refractivity contribution in [3.63, 3.8) is 0 Å². The molecule has 2 unspecified atom stereocenters. The molecule has 3 heteroatoms. The summed E-state index contributed by atoms with van der Waals surface area (Å²) in [5, 5.41) is 0.517. The zero-order valence-corrected chi connectivity index (χ0v) is 24.3. The van der Waals surface area contributed by atoms with E-state index in [9.17, 15) is 0 Å². The summed E-state index contributed by atoms with van der Waals surface area (Å²) in [5.74, 6) is 0. The predicted molar refractivity (Wildman–Crippen MR) is 172 cm³/mol. The maximum Gasteiger partial charge on any atom is 0.166 e. The van der Waals surface area contributed by atoms with E-state index < -0.39 is 0 Å². The van der Waals surface area contributed by atoms with Gasteiger partial charge in [0.15, 0.2) is 24.8 Å². The van der Waals surface area contributed by atoms with E-state index in [-0.39, 0.29) is 21.8 Å². The standard InChI is InChI=1S/C36H32S3/c1-5-13-31(14-6-1)38(32-15-7-2-8-16-32)35-25-21-29(22-26-35)37-30-23-27-36(28-24-30)39(33-17-9-3-10-18-33)34-19-11-4-12-20-34/h1-19,21,23-25,27-28,34H,20,22,26H2/q+2. The van der Waals surface area contributed by atoms with E-state index in [1.54, 1.807) is 0 Å². The molecule has 4 aromatic carbocycles. The quantitative estimate of drug-likeness (QED) is 0.193. The summed E-state index contributed by atoms with van der Waals surface area (Å²) in [6.07, 6.45) is 17.1. The zero-order valence-electron chi connectivity index (χ0n) is 21.9. The summed E-state index contributed by atoms with van der Waals surface area (Å²) < 4.78 is 0. The third kappa shape index (κ3) is 6.38. The summed E-state index contributed by atoms with van der Waals surface area (Å²) >= 11 is 1.92. The summed E-state index contributed by atoms with van der Waals surface area (Å²) in [7, 11) is -0.000376. The van der Waals surface area contributed by atoms with E-state index >= 15 is 0 Å². The van der Waals surface area contributed by atoms with Gasteiger partial charge in [-0.15, -0.1) is 0 Å². The molecule has 0 fully saturated rings. The van der Waals surface area contributed by atoms with E-state index in [1.165, 1.54) is 34.3 Å². The summed E-state index contributed by atoms with van der Waals surface area (Å²) in [4.78, 5) is 9.92. The fraction of sp³-hybridized carbons (Fsp3) is 0.111. The van der Waals surface area contributed by atoms with Crippen LogP contribution in [0, 0.1) is 0 Å². The Labute approximate surface area is 243 Å². The van der Waals surface area contributed by atoms with Gasteiger partial charge in [0.05, 0.1) is 21.8 Å². The van der Waals surface area contributed by atoms with Gasteiger partial charge in [0.1, 0.15) is 4.91 Å². The predicted octanol–water partition coefficient (Wildman–Crippen LogP) is 10.00. The van der Waals surface area contributed by atoms with E-state index in [0.29, 0.717) is 5.25 Å². The Bertz CT molecular complexity index is 1440. The third-order valence-corrected chi connectivity index (χ3v) is 12.8. The minimum absolute atomic E-state index is 0.0302. The zero-order chi connectivity index (χ0) is 26.3. The van der Waals surface area contributed by atoms with E-state index in [2.05, 4.69) is 152 Å². The largest absolute Gasteiger partial charge is 0.166 e. The van der Waals surface area contributed by atoms with Crippen LogP contribution in [0.5, 0.6) is 0 Å². The molecule has 4 aromatic rings. The first kappa shape index (κ1) is 26.1. The molecule has 0 aromatic heterocycles. The molecule has 6 rings (SSSR count). The molecular weight excluding hydrogens is 529 g/mol. The first-order chi connectivity index (χ1) is 19.3. The van der Waals surface area contributed by atoms with Crippen LogP contribution < -0.4 is 0 Å². The first-order valence-electron chi connectivity index (χ1n) is 13.5. The number of allylic oxidation sites excluding steroid dienone is 7. The molecule has 0 heterocycles.